The second-order valence-corrected chi connectivity index (χ2v) is 6.63. The van der Waals surface area contributed by atoms with Gasteiger partial charge in [-0.05, 0) is 57.7 Å². The van der Waals surface area contributed by atoms with Gasteiger partial charge in [0.15, 0.2) is 0 Å². The number of nitrogens with zero attached hydrogens (tertiary/aromatic N) is 3. The SMILES string of the molecule is COc1ccc(CN(C)C)cc1CCCN1CCN(C)CC1.Cl. The second-order valence-electron chi connectivity index (χ2n) is 6.63. The quantitative estimate of drug-likeness (QED) is 0.757. The van der Waals surface area contributed by atoms with Crippen LogP contribution < -0.4 is 4.74 Å². The zero-order valence-electron chi connectivity index (χ0n) is 15.0. The van der Waals surface area contributed by atoms with Crippen molar-refractivity contribution in [2.24, 2.45) is 0 Å². The summed E-state index contributed by atoms with van der Waals surface area (Å²) in [5.74, 6) is 1.03. The number of ether oxygens (including phenoxy) is 1. The highest BCUT2D eigenvalue weighted by Gasteiger charge is 2.13. The predicted molar refractivity (Wildman–Crippen MR) is 99.9 cm³/mol. The molecule has 0 saturated carbocycles. The standard InChI is InChI=1S/C18H31N3O.ClH/c1-19(2)15-16-7-8-18(22-4)17(14-16)6-5-9-21-12-10-20(3)11-13-21;/h7-8,14H,5-6,9-13,15H2,1-4H3;1H. The first-order valence-electron chi connectivity index (χ1n) is 8.30. The first kappa shape index (κ1) is 20.2. The topological polar surface area (TPSA) is 19.0 Å². The maximum Gasteiger partial charge on any atom is 0.122 e. The van der Waals surface area contributed by atoms with Crippen molar-refractivity contribution in [2.75, 3.05) is 61.0 Å². The van der Waals surface area contributed by atoms with E-state index in [4.69, 9.17) is 4.74 Å². The smallest absolute Gasteiger partial charge is 0.122 e. The van der Waals surface area contributed by atoms with E-state index >= 15 is 0 Å². The van der Waals surface area contributed by atoms with Gasteiger partial charge >= 0.3 is 0 Å². The van der Waals surface area contributed by atoms with Crippen molar-refractivity contribution in [3.63, 3.8) is 0 Å². The Labute approximate surface area is 147 Å². The fraction of sp³-hybridized carbons (Fsp3) is 0.667. The Balaban J connectivity index is 0.00000264. The molecule has 0 atom stereocenters. The molecule has 4 nitrogen and oxygen atoms in total. The number of benzene rings is 1. The Kier molecular flexibility index (Phi) is 8.92. The van der Waals surface area contributed by atoms with Crippen LogP contribution in [0.2, 0.25) is 0 Å². The first-order chi connectivity index (χ1) is 10.6. The summed E-state index contributed by atoms with van der Waals surface area (Å²) in [6.07, 6.45) is 2.29. The molecule has 2 rings (SSSR count). The van der Waals surface area contributed by atoms with Crippen molar-refractivity contribution in [1.82, 2.24) is 14.7 Å². The molecular weight excluding hydrogens is 310 g/mol. The van der Waals surface area contributed by atoms with Crippen LogP contribution in [0.15, 0.2) is 18.2 Å². The normalized spacial score (nSPS) is 16.4. The van der Waals surface area contributed by atoms with E-state index in [1.165, 1.54) is 50.3 Å². The monoisotopic (exact) mass is 341 g/mol. The van der Waals surface area contributed by atoms with Crippen molar-refractivity contribution in [2.45, 2.75) is 19.4 Å². The van der Waals surface area contributed by atoms with E-state index in [9.17, 15) is 0 Å². The average Bonchev–Trinajstić information content (AvgIpc) is 2.49. The van der Waals surface area contributed by atoms with E-state index < -0.39 is 0 Å². The minimum Gasteiger partial charge on any atom is -0.496 e. The van der Waals surface area contributed by atoms with Gasteiger partial charge in [-0.25, -0.2) is 0 Å². The van der Waals surface area contributed by atoms with Gasteiger partial charge in [-0.2, -0.15) is 0 Å². The zero-order valence-corrected chi connectivity index (χ0v) is 15.9. The Bertz CT molecular complexity index is 460. The van der Waals surface area contributed by atoms with Crippen LogP contribution in [-0.2, 0) is 13.0 Å². The van der Waals surface area contributed by atoms with Gasteiger partial charge in [0.05, 0.1) is 7.11 Å². The number of hydrogen-bond donors (Lipinski definition) is 0. The lowest BCUT2D eigenvalue weighted by Crippen LogP contribution is -2.44. The van der Waals surface area contributed by atoms with Crippen LogP contribution >= 0.6 is 12.4 Å². The Morgan fingerprint density at radius 2 is 1.83 bits per heavy atom. The van der Waals surface area contributed by atoms with Crippen molar-refractivity contribution in [1.29, 1.82) is 0 Å². The largest absolute Gasteiger partial charge is 0.496 e. The van der Waals surface area contributed by atoms with Gasteiger partial charge in [0.2, 0.25) is 0 Å². The number of hydrogen-bond acceptors (Lipinski definition) is 4. The minimum absolute atomic E-state index is 0. The summed E-state index contributed by atoms with van der Waals surface area (Å²) in [7, 11) is 8.19. The van der Waals surface area contributed by atoms with Gasteiger partial charge < -0.3 is 19.4 Å². The number of likely N-dealkylation sites (N-methyl/N-ethyl adjacent to an activating group) is 1. The third-order valence-corrected chi connectivity index (χ3v) is 4.36. The molecule has 0 amide bonds. The second kappa shape index (κ2) is 10.1. The molecule has 1 aliphatic rings. The van der Waals surface area contributed by atoms with E-state index in [0.717, 1.165) is 18.7 Å². The molecule has 0 spiro atoms. The van der Waals surface area contributed by atoms with Gasteiger partial charge in [-0.1, -0.05) is 12.1 Å². The molecule has 0 aliphatic carbocycles. The molecule has 0 radical (unpaired) electrons. The summed E-state index contributed by atoms with van der Waals surface area (Å²) in [6.45, 7) is 6.97. The molecule has 23 heavy (non-hydrogen) atoms. The maximum atomic E-state index is 5.53. The Morgan fingerprint density at radius 1 is 1.13 bits per heavy atom. The van der Waals surface area contributed by atoms with Crippen LogP contribution in [0.4, 0.5) is 0 Å². The van der Waals surface area contributed by atoms with Crippen molar-refractivity contribution < 1.29 is 4.74 Å². The molecule has 0 N–H and O–H groups in total. The van der Waals surface area contributed by atoms with Gasteiger partial charge in [0.1, 0.15) is 5.75 Å². The van der Waals surface area contributed by atoms with Crippen LogP contribution in [-0.4, -0.2) is 75.7 Å². The van der Waals surface area contributed by atoms with Crippen molar-refractivity contribution in [3.8, 4) is 5.75 Å². The molecule has 1 saturated heterocycles. The van der Waals surface area contributed by atoms with Gasteiger partial charge in [-0.15, -0.1) is 12.4 Å². The molecule has 1 aromatic carbocycles. The van der Waals surface area contributed by atoms with Crippen LogP contribution in [0.3, 0.4) is 0 Å². The van der Waals surface area contributed by atoms with Crippen molar-refractivity contribution >= 4 is 12.4 Å². The average molecular weight is 342 g/mol. The first-order valence-corrected chi connectivity index (χ1v) is 8.30. The molecule has 1 aromatic rings. The molecule has 1 aliphatic heterocycles. The van der Waals surface area contributed by atoms with Gasteiger partial charge in [0.25, 0.3) is 0 Å². The molecule has 1 fully saturated rings. The Hall–Kier alpha value is -0.810. The third-order valence-electron chi connectivity index (χ3n) is 4.36. The minimum atomic E-state index is 0. The fourth-order valence-electron chi connectivity index (χ4n) is 3.06. The van der Waals surface area contributed by atoms with Crippen LogP contribution in [0.25, 0.3) is 0 Å². The summed E-state index contributed by atoms with van der Waals surface area (Å²) in [5, 5.41) is 0. The molecular formula is C18H32ClN3O. The van der Waals surface area contributed by atoms with E-state index in [1.54, 1.807) is 7.11 Å². The summed E-state index contributed by atoms with van der Waals surface area (Å²) in [5.41, 5.74) is 2.70. The van der Waals surface area contributed by atoms with Crippen molar-refractivity contribution in [3.05, 3.63) is 29.3 Å². The van der Waals surface area contributed by atoms with Crippen LogP contribution in [0.1, 0.15) is 17.5 Å². The zero-order chi connectivity index (χ0) is 15.9. The fourth-order valence-corrected chi connectivity index (χ4v) is 3.06. The van der Waals surface area contributed by atoms with Crippen LogP contribution in [0, 0.1) is 0 Å². The van der Waals surface area contributed by atoms with E-state index in [-0.39, 0.29) is 12.4 Å². The summed E-state index contributed by atoms with van der Waals surface area (Å²) >= 11 is 0. The highest BCUT2D eigenvalue weighted by molar-refractivity contribution is 5.85. The lowest BCUT2D eigenvalue weighted by molar-refractivity contribution is 0.153. The molecule has 132 valence electrons. The third kappa shape index (κ3) is 6.68. The molecule has 1 heterocycles. The lowest BCUT2D eigenvalue weighted by Gasteiger charge is -2.32. The summed E-state index contributed by atoms with van der Waals surface area (Å²) < 4.78 is 5.53. The predicted octanol–water partition coefficient (Wildman–Crippen LogP) is 2.36. The number of piperazine rings is 1. The molecule has 0 unspecified atom stereocenters. The summed E-state index contributed by atoms with van der Waals surface area (Å²) in [6, 6.07) is 6.59. The number of halogens is 1. The highest BCUT2D eigenvalue weighted by atomic mass is 35.5. The number of rotatable bonds is 7. The van der Waals surface area contributed by atoms with E-state index in [1.807, 2.05) is 0 Å². The number of aryl methyl sites for hydroxylation is 1. The summed E-state index contributed by atoms with van der Waals surface area (Å²) in [4.78, 5) is 7.19. The molecule has 5 heteroatoms. The lowest BCUT2D eigenvalue weighted by atomic mass is 10.0. The van der Waals surface area contributed by atoms with E-state index in [2.05, 4.69) is 54.0 Å². The molecule has 0 aromatic heterocycles. The van der Waals surface area contributed by atoms with Gasteiger partial charge in [-0.3, -0.25) is 0 Å². The Morgan fingerprint density at radius 3 is 2.43 bits per heavy atom. The van der Waals surface area contributed by atoms with E-state index in [0.29, 0.717) is 0 Å². The van der Waals surface area contributed by atoms with Gasteiger partial charge in [0, 0.05) is 32.7 Å². The number of methoxy groups -OCH3 is 1. The van der Waals surface area contributed by atoms with Crippen LogP contribution in [0.5, 0.6) is 5.75 Å². The molecule has 0 bridgehead atoms. The highest BCUT2D eigenvalue weighted by Crippen LogP contribution is 2.22. The maximum absolute atomic E-state index is 5.53.